The van der Waals surface area contributed by atoms with Crippen LogP contribution in [0.3, 0.4) is 0 Å². The first-order valence-electron chi connectivity index (χ1n) is 6.64. The minimum Gasteiger partial charge on any atom is -0.356 e. The van der Waals surface area contributed by atoms with Gasteiger partial charge in [0.05, 0.1) is 12.1 Å². The van der Waals surface area contributed by atoms with Crippen LogP contribution in [0, 0.1) is 0 Å². The number of nitrogens with zero attached hydrogens (tertiary/aromatic N) is 1. The molecule has 0 radical (unpaired) electrons. The molecular weight excluding hydrogens is 276 g/mol. The molecule has 20 heavy (non-hydrogen) atoms. The molecule has 1 amide bonds. The van der Waals surface area contributed by atoms with E-state index >= 15 is 0 Å². The molecule has 0 saturated heterocycles. The third kappa shape index (κ3) is 3.88. The van der Waals surface area contributed by atoms with Gasteiger partial charge in [0, 0.05) is 19.5 Å². The predicted octanol–water partition coefficient (Wildman–Crippen LogP) is 0.990. The maximum atomic E-state index is 11.7. The lowest BCUT2D eigenvalue weighted by Gasteiger charge is -2.05. The molecule has 2 rings (SSSR count). The van der Waals surface area contributed by atoms with Crippen LogP contribution in [0.2, 0.25) is 0 Å². The number of aromatic nitrogens is 2. The van der Waals surface area contributed by atoms with E-state index in [4.69, 9.17) is 0 Å². The molecule has 3 N–H and O–H groups in total. The maximum absolute atomic E-state index is 11.7. The second-order valence-corrected chi connectivity index (χ2v) is 5.34. The van der Waals surface area contributed by atoms with Gasteiger partial charge >= 0.3 is 0 Å². The Bertz CT molecular complexity index is 635. The van der Waals surface area contributed by atoms with Gasteiger partial charge in [-0.25, -0.2) is 4.98 Å². The Morgan fingerprint density at radius 3 is 3.10 bits per heavy atom. The summed E-state index contributed by atoms with van der Waals surface area (Å²) in [5.74, 6) is 0.629. The van der Waals surface area contributed by atoms with Gasteiger partial charge in [0.1, 0.15) is 10.5 Å². The summed E-state index contributed by atoms with van der Waals surface area (Å²) in [5, 5.41) is 7.76. The smallest absolute Gasteiger partial charge is 0.268 e. The Balaban J connectivity index is 1.81. The highest BCUT2D eigenvalue weighted by Crippen LogP contribution is 2.13. The number of amides is 1. The number of H-pyrrole nitrogens is 1. The van der Waals surface area contributed by atoms with Gasteiger partial charge < -0.3 is 15.6 Å². The molecule has 0 unspecified atom stereocenters. The summed E-state index contributed by atoms with van der Waals surface area (Å²) in [6.07, 6.45) is 1.36. The van der Waals surface area contributed by atoms with E-state index in [1.54, 1.807) is 0 Å². The van der Waals surface area contributed by atoms with E-state index in [1.807, 2.05) is 18.4 Å². The summed E-state index contributed by atoms with van der Waals surface area (Å²) in [4.78, 5) is 30.2. The van der Waals surface area contributed by atoms with Crippen molar-refractivity contribution in [3.8, 4) is 0 Å². The number of nitrogens with one attached hydrogen (secondary N) is 3. The van der Waals surface area contributed by atoms with Gasteiger partial charge in [0.2, 0.25) is 5.91 Å². The van der Waals surface area contributed by atoms with Crippen molar-refractivity contribution in [2.45, 2.75) is 26.3 Å². The third-order valence-electron chi connectivity index (χ3n) is 2.76. The Labute approximate surface area is 120 Å². The zero-order valence-electron chi connectivity index (χ0n) is 11.4. The van der Waals surface area contributed by atoms with Gasteiger partial charge in [-0.2, -0.15) is 0 Å². The van der Waals surface area contributed by atoms with E-state index in [1.165, 1.54) is 11.3 Å². The summed E-state index contributed by atoms with van der Waals surface area (Å²) < 4.78 is 0.646. The van der Waals surface area contributed by atoms with Crippen LogP contribution in [0.1, 0.15) is 25.6 Å². The van der Waals surface area contributed by atoms with Gasteiger partial charge in [0.25, 0.3) is 5.56 Å². The Morgan fingerprint density at radius 1 is 1.45 bits per heavy atom. The Kier molecular flexibility index (Phi) is 5.25. The topological polar surface area (TPSA) is 86.9 Å². The van der Waals surface area contributed by atoms with E-state index in [0.717, 1.165) is 11.9 Å². The molecule has 2 heterocycles. The number of carbonyl (C=O) groups is 1. The first kappa shape index (κ1) is 14.7. The molecule has 108 valence electrons. The average molecular weight is 294 g/mol. The van der Waals surface area contributed by atoms with E-state index in [-0.39, 0.29) is 11.5 Å². The summed E-state index contributed by atoms with van der Waals surface area (Å²) in [7, 11) is 0. The average Bonchev–Trinajstić information content (AvgIpc) is 2.90. The van der Waals surface area contributed by atoms with Crippen LogP contribution >= 0.6 is 11.3 Å². The van der Waals surface area contributed by atoms with Crippen molar-refractivity contribution in [3.05, 3.63) is 27.6 Å². The highest BCUT2D eigenvalue weighted by Gasteiger charge is 2.05. The second kappa shape index (κ2) is 7.16. The quantitative estimate of drug-likeness (QED) is 0.665. The van der Waals surface area contributed by atoms with E-state index < -0.39 is 0 Å². The number of hydrogen-bond donors (Lipinski definition) is 3. The van der Waals surface area contributed by atoms with Gasteiger partial charge in [-0.3, -0.25) is 9.59 Å². The molecule has 0 aliphatic heterocycles. The SMILES string of the molecule is CCCNC(=O)CCNCc1nc2ccsc2c(=O)[nH]1. The number of thiophene rings is 1. The molecular formula is C13H18N4O2S. The van der Waals surface area contributed by atoms with Crippen LogP contribution in [-0.4, -0.2) is 29.0 Å². The molecule has 2 aromatic heterocycles. The van der Waals surface area contributed by atoms with Crippen molar-refractivity contribution >= 4 is 27.5 Å². The molecule has 0 aliphatic rings. The zero-order chi connectivity index (χ0) is 14.4. The number of hydrogen-bond acceptors (Lipinski definition) is 5. The Morgan fingerprint density at radius 2 is 2.30 bits per heavy atom. The predicted molar refractivity (Wildman–Crippen MR) is 79.9 cm³/mol. The van der Waals surface area contributed by atoms with E-state index in [0.29, 0.717) is 36.6 Å². The third-order valence-corrected chi connectivity index (χ3v) is 3.66. The number of rotatable bonds is 7. The van der Waals surface area contributed by atoms with Gasteiger partial charge in [-0.1, -0.05) is 6.92 Å². The fourth-order valence-corrected chi connectivity index (χ4v) is 2.49. The van der Waals surface area contributed by atoms with Gasteiger partial charge in [-0.15, -0.1) is 11.3 Å². The highest BCUT2D eigenvalue weighted by molar-refractivity contribution is 7.17. The van der Waals surface area contributed by atoms with Crippen LogP contribution in [0.5, 0.6) is 0 Å². The molecule has 0 aliphatic carbocycles. The molecule has 0 saturated carbocycles. The van der Waals surface area contributed by atoms with Crippen LogP contribution in [0.15, 0.2) is 16.2 Å². The van der Waals surface area contributed by atoms with Crippen LogP contribution < -0.4 is 16.2 Å². The molecule has 7 heteroatoms. The maximum Gasteiger partial charge on any atom is 0.268 e. The van der Waals surface area contributed by atoms with Crippen molar-refractivity contribution in [2.24, 2.45) is 0 Å². The van der Waals surface area contributed by atoms with E-state index in [9.17, 15) is 9.59 Å². The Hall–Kier alpha value is -1.73. The molecule has 0 aromatic carbocycles. The minimum atomic E-state index is -0.109. The van der Waals surface area contributed by atoms with Crippen molar-refractivity contribution in [2.75, 3.05) is 13.1 Å². The van der Waals surface area contributed by atoms with Crippen molar-refractivity contribution < 1.29 is 4.79 Å². The van der Waals surface area contributed by atoms with E-state index in [2.05, 4.69) is 20.6 Å². The van der Waals surface area contributed by atoms with Crippen LogP contribution in [-0.2, 0) is 11.3 Å². The normalized spacial score (nSPS) is 10.8. The molecule has 0 fully saturated rings. The summed E-state index contributed by atoms with van der Waals surface area (Å²) in [5.41, 5.74) is 0.610. The fraction of sp³-hybridized carbons (Fsp3) is 0.462. The first-order chi connectivity index (χ1) is 9.70. The first-order valence-corrected chi connectivity index (χ1v) is 7.52. The largest absolute Gasteiger partial charge is 0.356 e. The lowest BCUT2D eigenvalue weighted by atomic mass is 10.3. The fourth-order valence-electron chi connectivity index (χ4n) is 1.77. The lowest BCUT2D eigenvalue weighted by Crippen LogP contribution is -2.28. The molecule has 0 atom stereocenters. The molecule has 6 nitrogen and oxygen atoms in total. The molecule has 0 spiro atoms. The van der Waals surface area contributed by atoms with Crippen LogP contribution in [0.25, 0.3) is 10.2 Å². The molecule has 2 aromatic rings. The lowest BCUT2D eigenvalue weighted by molar-refractivity contribution is -0.120. The van der Waals surface area contributed by atoms with Gasteiger partial charge in [0.15, 0.2) is 0 Å². The zero-order valence-corrected chi connectivity index (χ0v) is 12.2. The van der Waals surface area contributed by atoms with Crippen molar-refractivity contribution in [3.63, 3.8) is 0 Å². The monoisotopic (exact) mass is 294 g/mol. The molecule has 0 bridgehead atoms. The minimum absolute atomic E-state index is 0.0362. The second-order valence-electron chi connectivity index (χ2n) is 4.42. The van der Waals surface area contributed by atoms with Crippen molar-refractivity contribution in [1.29, 1.82) is 0 Å². The van der Waals surface area contributed by atoms with Gasteiger partial charge in [-0.05, 0) is 17.9 Å². The highest BCUT2D eigenvalue weighted by atomic mass is 32.1. The number of carbonyl (C=O) groups excluding carboxylic acids is 1. The summed E-state index contributed by atoms with van der Waals surface area (Å²) in [6.45, 7) is 3.73. The van der Waals surface area contributed by atoms with Crippen LogP contribution in [0.4, 0.5) is 0 Å². The summed E-state index contributed by atoms with van der Waals surface area (Å²) >= 11 is 1.38. The summed E-state index contributed by atoms with van der Waals surface area (Å²) in [6, 6.07) is 1.83. The number of aromatic amines is 1. The van der Waals surface area contributed by atoms with Crippen molar-refractivity contribution in [1.82, 2.24) is 20.6 Å². The standard InChI is InChI=1S/C13H18N4O2S/c1-2-5-15-11(18)3-6-14-8-10-16-9-4-7-20-12(9)13(19)17-10/h4,7,14H,2-3,5-6,8H2,1H3,(H,15,18)(H,16,17,19). The number of fused-ring (bicyclic) bond motifs is 1.